The monoisotopic (exact) mass is 187 g/mol. The Hall–Kier alpha value is -1.77. The molecule has 0 saturated heterocycles. The van der Waals surface area contributed by atoms with Crippen LogP contribution in [-0.2, 0) is 6.54 Å². The van der Waals surface area contributed by atoms with Gasteiger partial charge in [-0.2, -0.15) is 0 Å². The molecule has 1 aromatic carbocycles. The van der Waals surface area contributed by atoms with Gasteiger partial charge in [0.1, 0.15) is 5.82 Å². The molecule has 1 aromatic rings. The molecule has 1 heterocycles. The first kappa shape index (κ1) is 8.81. The molecule has 3 nitrogen and oxygen atoms in total. The number of benzene rings is 1. The van der Waals surface area contributed by atoms with Crippen LogP contribution in [0.1, 0.15) is 5.56 Å². The summed E-state index contributed by atoms with van der Waals surface area (Å²) in [6.07, 6.45) is 3.71. The lowest BCUT2D eigenvalue weighted by Crippen LogP contribution is -2.25. The molecule has 0 fully saturated rings. The molecule has 0 unspecified atom stereocenters. The average molecular weight is 187 g/mol. The van der Waals surface area contributed by atoms with E-state index in [1.807, 2.05) is 24.3 Å². The molecule has 0 atom stereocenters. The average Bonchev–Trinajstić information content (AvgIpc) is 2.23. The molecule has 2 rings (SSSR count). The van der Waals surface area contributed by atoms with Crippen molar-refractivity contribution in [1.29, 1.82) is 0 Å². The van der Waals surface area contributed by atoms with Gasteiger partial charge in [-0.05, 0) is 11.6 Å². The molecule has 0 aliphatic carbocycles. The third-order valence-corrected chi connectivity index (χ3v) is 2.13. The first-order chi connectivity index (χ1) is 6.84. The van der Waals surface area contributed by atoms with Crippen molar-refractivity contribution in [2.45, 2.75) is 6.54 Å². The summed E-state index contributed by atoms with van der Waals surface area (Å²) in [5.41, 5.74) is 6.81. The molecular formula is C11H13N3. The Bertz CT molecular complexity index is 354. The molecule has 72 valence electrons. The van der Waals surface area contributed by atoms with Gasteiger partial charge >= 0.3 is 0 Å². The van der Waals surface area contributed by atoms with Gasteiger partial charge in [0.15, 0.2) is 0 Å². The van der Waals surface area contributed by atoms with Crippen molar-refractivity contribution in [2.24, 2.45) is 10.7 Å². The van der Waals surface area contributed by atoms with Gasteiger partial charge in [0, 0.05) is 13.1 Å². The highest BCUT2D eigenvalue weighted by Gasteiger charge is 2.03. The predicted molar refractivity (Wildman–Crippen MR) is 57.6 cm³/mol. The molecule has 1 aliphatic heterocycles. The standard InChI is InChI=1S/C11H13N3/c12-11-6-7-14(9-13-11)8-10-4-2-1-3-5-10/h1-6,9H,7-8,12H2. The van der Waals surface area contributed by atoms with Crippen LogP contribution in [0.3, 0.4) is 0 Å². The summed E-state index contributed by atoms with van der Waals surface area (Å²) in [6, 6.07) is 10.3. The smallest absolute Gasteiger partial charge is 0.122 e. The molecule has 0 amide bonds. The fraction of sp³-hybridized carbons (Fsp3) is 0.182. The van der Waals surface area contributed by atoms with Crippen molar-refractivity contribution in [3.8, 4) is 0 Å². The van der Waals surface area contributed by atoms with E-state index in [9.17, 15) is 0 Å². The summed E-state index contributed by atoms with van der Waals surface area (Å²) in [7, 11) is 0. The van der Waals surface area contributed by atoms with E-state index in [0.717, 1.165) is 13.1 Å². The van der Waals surface area contributed by atoms with Gasteiger partial charge in [0.25, 0.3) is 0 Å². The lowest BCUT2D eigenvalue weighted by molar-refractivity contribution is 0.462. The van der Waals surface area contributed by atoms with Crippen LogP contribution >= 0.6 is 0 Å². The zero-order valence-electron chi connectivity index (χ0n) is 7.93. The first-order valence-electron chi connectivity index (χ1n) is 4.62. The fourth-order valence-electron chi connectivity index (χ4n) is 1.38. The van der Waals surface area contributed by atoms with Crippen LogP contribution in [0.15, 0.2) is 47.2 Å². The number of rotatable bonds is 2. The molecule has 0 aromatic heterocycles. The summed E-state index contributed by atoms with van der Waals surface area (Å²) >= 11 is 0. The third kappa shape index (κ3) is 2.13. The molecule has 0 radical (unpaired) electrons. The molecule has 14 heavy (non-hydrogen) atoms. The number of nitrogens with two attached hydrogens (primary N) is 1. The van der Waals surface area contributed by atoms with Gasteiger partial charge in [-0.1, -0.05) is 30.3 Å². The fourth-order valence-corrected chi connectivity index (χ4v) is 1.38. The second-order valence-electron chi connectivity index (χ2n) is 3.29. The summed E-state index contributed by atoms with van der Waals surface area (Å²) < 4.78 is 0. The lowest BCUT2D eigenvalue weighted by Gasteiger charge is -2.20. The molecule has 0 bridgehead atoms. The minimum Gasteiger partial charge on any atom is -0.384 e. The lowest BCUT2D eigenvalue weighted by atomic mass is 10.2. The molecule has 0 spiro atoms. The summed E-state index contributed by atoms with van der Waals surface area (Å²) in [5.74, 6) is 0.606. The zero-order chi connectivity index (χ0) is 9.80. The number of hydrogen-bond donors (Lipinski definition) is 1. The van der Waals surface area contributed by atoms with Crippen LogP contribution in [0.2, 0.25) is 0 Å². The molecule has 0 saturated carbocycles. The molecule has 3 heteroatoms. The Balaban J connectivity index is 1.98. The van der Waals surface area contributed by atoms with Crippen molar-refractivity contribution >= 4 is 6.34 Å². The second-order valence-corrected chi connectivity index (χ2v) is 3.29. The van der Waals surface area contributed by atoms with Crippen LogP contribution in [0.25, 0.3) is 0 Å². The van der Waals surface area contributed by atoms with E-state index in [2.05, 4.69) is 22.0 Å². The molecule has 1 aliphatic rings. The Morgan fingerprint density at radius 3 is 2.71 bits per heavy atom. The van der Waals surface area contributed by atoms with E-state index in [4.69, 9.17) is 5.73 Å². The predicted octanol–water partition coefficient (Wildman–Crippen LogP) is 1.33. The van der Waals surface area contributed by atoms with Gasteiger partial charge in [0.05, 0.1) is 6.34 Å². The first-order valence-corrected chi connectivity index (χ1v) is 4.62. The maximum atomic E-state index is 5.53. The van der Waals surface area contributed by atoms with E-state index < -0.39 is 0 Å². The summed E-state index contributed by atoms with van der Waals surface area (Å²) in [6.45, 7) is 1.72. The number of aliphatic imine (C=N–C) groups is 1. The van der Waals surface area contributed by atoms with Crippen molar-refractivity contribution in [3.05, 3.63) is 47.8 Å². The van der Waals surface area contributed by atoms with E-state index in [1.165, 1.54) is 5.56 Å². The van der Waals surface area contributed by atoms with E-state index in [0.29, 0.717) is 5.82 Å². The maximum absolute atomic E-state index is 5.53. The van der Waals surface area contributed by atoms with Crippen LogP contribution in [0.5, 0.6) is 0 Å². The van der Waals surface area contributed by atoms with Gasteiger partial charge in [-0.15, -0.1) is 0 Å². The minimum absolute atomic E-state index is 0.606. The second kappa shape index (κ2) is 3.96. The van der Waals surface area contributed by atoms with Gasteiger partial charge in [-0.25, -0.2) is 4.99 Å². The van der Waals surface area contributed by atoms with E-state index in [1.54, 1.807) is 6.34 Å². The molecular weight excluding hydrogens is 174 g/mol. The van der Waals surface area contributed by atoms with Gasteiger partial charge in [-0.3, -0.25) is 0 Å². The van der Waals surface area contributed by atoms with Crippen LogP contribution in [0, 0.1) is 0 Å². The van der Waals surface area contributed by atoms with Crippen molar-refractivity contribution in [3.63, 3.8) is 0 Å². The Morgan fingerprint density at radius 1 is 1.29 bits per heavy atom. The van der Waals surface area contributed by atoms with E-state index in [-0.39, 0.29) is 0 Å². The maximum Gasteiger partial charge on any atom is 0.122 e. The van der Waals surface area contributed by atoms with Crippen molar-refractivity contribution in [1.82, 2.24) is 4.90 Å². The molecule has 2 N–H and O–H groups in total. The van der Waals surface area contributed by atoms with Crippen LogP contribution < -0.4 is 5.73 Å². The summed E-state index contributed by atoms with van der Waals surface area (Å²) in [4.78, 5) is 6.16. The minimum atomic E-state index is 0.606. The number of nitrogens with zero attached hydrogens (tertiary/aromatic N) is 2. The van der Waals surface area contributed by atoms with E-state index >= 15 is 0 Å². The normalized spacial score (nSPS) is 15.4. The van der Waals surface area contributed by atoms with Crippen molar-refractivity contribution < 1.29 is 0 Å². The largest absolute Gasteiger partial charge is 0.384 e. The summed E-state index contributed by atoms with van der Waals surface area (Å²) in [5, 5.41) is 0. The Kier molecular flexibility index (Phi) is 2.49. The highest BCUT2D eigenvalue weighted by Crippen LogP contribution is 2.05. The quantitative estimate of drug-likeness (QED) is 0.759. The Morgan fingerprint density at radius 2 is 2.07 bits per heavy atom. The highest BCUT2D eigenvalue weighted by atomic mass is 15.2. The SMILES string of the molecule is NC1=CCN(Cc2ccccc2)C=N1. The zero-order valence-corrected chi connectivity index (χ0v) is 7.93. The Labute approximate surface area is 83.6 Å². The van der Waals surface area contributed by atoms with Crippen molar-refractivity contribution in [2.75, 3.05) is 6.54 Å². The highest BCUT2D eigenvalue weighted by molar-refractivity contribution is 5.58. The topological polar surface area (TPSA) is 41.6 Å². The van der Waals surface area contributed by atoms with Gasteiger partial charge < -0.3 is 10.6 Å². The third-order valence-electron chi connectivity index (χ3n) is 2.13. The number of hydrogen-bond acceptors (Lipinski definition) is 3. The van der Waals surface area contributed by atoms with Gasteiger partial charge in [0.2, 0.25) is 0 Å². The van der Waals surface area contributed by atoms with Crippen LogP contribution in [0.4, 0.5) is 0 Å². The van der Waals surface area contributed by atoms with Crippen LogP contribution in [-0.4, -0.2) is 17.8 Å².